The summed E-state index contributed by atoms with van der Waals surface area (Å²) in [6.07, 6.45) is 4.08. The van der Waals surface area contributed by atoms with E-state index in [0.29, 0.717) is 0 Å². The number of furan rings is 1. The molecule has 0 spiro atoms. The van der Waals surface area contributed by atoms with Crippen LogP contribution in [0.15, 0.2) is 52.9 Å². The van der Waals surface area contributed by atoms with Gasteiger partial charge in [0.1, 0.15) is 23.3 Å². The lowest BCUT2D eigenvalue weighted by atomic mass is 10.1. The molecule has 0 aliphatic carbocycles. The summed E-state index contributed by atoms with van der Waals surface area (Å²) in [5, 5.41) is 1.07. The highest BCUT2D eigenvalue weighted by Gasteiger charge is 2.18. The number of benzene rings is 2. The fourth-order valence-corrected chi connectivity index (χ4v) is 3.46. The first-order chi connectivity index (χ1) is 14.1. The molecule has 2 aromatic carbocycles. The molecule has 2 heterocycles. The van der Waals surface area contributed by atoms with Crippen molar-refractivity contribution in [1.29, 1.82) is 0 Å². The van der Waals surface area contributed by atoms with Crippen LogP contribution < -0.4 is 9.64 Å². The number of hydrogen-bond donors (Lipinski definition) is 0. The molecular weight excluding hydrogens is 400 g/mol. The Morgan fingerprint density at radius 3 is 2.43 bits per heavy atom. The minimum Gasteiger partial charge on any atom is -0.475 e. The third kappa shape index (κ3) is 5.36. The molecule has 3 aromatic rings. The van der Waals surface area contributed by atoms with Gasteiger partial charge in [-0.3, -0.25) is 4.90 Å². The quantitative estimate of drug-likeness (QED) is 0.543. The summed E-state index contributed by atoms with van der Waals surface area (Å²) in [4.78, 5) is 4.37. The van der Waals surface area contributed by atoms with Crippen molar-refractivity contribution in [3.8, 4) is 5.75 Å². The first-order valence-corrected chi connectivity index (χ1v) is 10.1. The van der Waals surface area contributed by atoms with Gasteiger partial charge in [-0.25, -0.2) is 0 Å². The Morgan fingerprint density at radius 1 is 1.00 bits per heavy atom. The second kappa shape index (κ2) is 10.0. The Labute approximate surface area is 184 Å². The summed E-state index contributed by atoms with van der Waals surface area (Å²) in [5.41, 5.74) is 3.16. The van der Waals surface area contributed by atoms with E-state index in [0.717, 1.165) is 54.3 Å². The van der Waals surface area contributed by atoms with Gasteiger partial charge in [0.25, 0.3) is 0 Å². The van der Waals surface area contributed by atoms with Crippen molar-refractivity contribution >= 4 is 41.2 Å². The normalized spacial score (nSPS) is 15.8. The van der Waals surface area contributed by atoms with Crippen molar-refractivity contribution in [1.82, 2.24) is 4.90 Å². The summed E-state index contributed by atoms with van der Waals surface area (Å²) in [5.74, 6) is 1.65. The molecule has 1 atom stereocenters. The predicted molar refractivity (Wildman–Crippen MR) is 126 cm³/mol. The summed E-state index contributed by atoms with van der Waals surface area (Å²) < 4.78 is 17.5. The van der Waals surface area contributed by atoms with Crippen molar-refractivity contribution in [2.45, 2.75) is 13.2 Å². The Kier molecular flexibility index (Phi) is 7.43. The van der Waals surface area contributed by atoms with Gasteiger partial charge in [-0.15, -0.1) is 12.4 Å². The standard InChI is InChI=1S/C24H28N2O3.ClH/c1-18(26-12-14-27-15-13-26)28-23-11-7-20-16-22(29-24(20)17-23)10-6-19-4-8-21(9-5-19)25(2)3;/h4-11,16-18H,12-15H2,1-3H3;1H/b10-6+;. The molecule has 0 amide bonds. The molecule has 4 rings (SSSR count). The van der Waals surface area contributed by atoms with E-state index >= 15 is 0 Å². The van der Waals surface area contributed by atoms with E-state index in [1.54, 1.807) is 0 Å². The lowest BCUT2D eigenvalue weighted by Gasteiger charge is -2.32. The first-order valence-electron chi connectivity index (χ1n) is 10.1. The number of ether oxygens (including phenoxy) is 2. The zero-order chi connectivity index (χ0) is 20.2. The van der Waals surface area contributed by atoms with Crippen LogP contribution in [0.1, 0.15) is 18.2 Å². The number of halogens is 1. The molecule has 30 heavy (non-hydrogen) atoms. The van der Waals surface area contributed by atoms with Crippen molar-refractivity contribution in [2.24, 2.45) is 0 Å². The monoisotopic (exact) mass is 428 g/mol. The molecule has 1 aliphatic rings. The van der Waals surface area contributed by atoms with Crippen molar-refractivity contribution in [3.63, 3.8) is 0 Å². The van der Waals surface area contributed by atoms with Gasteiger partial charge in [-0.2, -0.15) is 0 Å². The molecule has 5 nitrogen and oxygen atoms in total. The molecule has 0 bridgehead atoms. The average Bonchev–Trinajstić information content (AvgIpc) is 3.15. The van der Waals surface area contributed by atoms with Crippen LogP contribution in [-0.2, 0) is 4.74 Å². The van der Waals surface area contributed by atoms with Crippen molar-refractivity contribution in [3.05, 3.63) is 59.9 Å². The topological polar surface area (TPSA) is 38.1 Å². The highest BCUT2D eigenvalue weighted by Crippen LogP contribution is 2.26. The van der Waals surface area contributed by atoms with E-state index < -0.39 is 0 Å². The van der Waals surface area contributed by atoms with E-state index in [-0.39, 0.29) is 18.6 Å². The van der Waals surface area contributed by atoms with Gasteiger partial charge in [-0.05, 0) is 48.9 Å². The zero-order valence-corrected chi connectivity index (χ0v) is 18.5. The largest absolute Gasteiger partial charge is 0.475 e. The lowest BCUT2D eigenvalue weighted by molar-refractivity contribution is -0.0372. The predicted octanol–water partition coefficient (Wildman–Crippen LogP) is 5.15. The Hall–Kier alpha value is -2.47. The molecule has 0 radical (unpaired) electrons. The number of anilines is 1. The number of rotatable bonds is 6. The summed E-state index contributed by atoms with van der Waals surface area (Å²) in [6, 6.07) is 16.5. The first kappa shape index (κ1) is 22.2. The van der Waals surface area contributed by atoms with Gasteiger partial charge in [0.15, 0.2) is 0 Å². The molecule has 1 aromatic heterocycles. The minimum absolute atomic E-state index is 0. The maximum atomic E-state index is 6.12. The van der Waals surface area contributed by atoms with Gasteiger partial charge in [0, 0.05) is 44.3 Å². The Morgan fingerprint density at radius 2 is 1.73 bits per heavy atom. The van der Waals surface area contributed by atoms with Crippen LogP contribution in [0.2, 0.25) is 0 Å². The fraction of sp³-hybridized carbons (Fsp3) is 0.333. The second-order valence-corrected chi connectivity index (χ2v) is 7.53. The van der Waals surface area contributed by atoms with Gasteiger partial charge in [-0.1, -0.05) is 18.2 Å². The Balaban J connectivity index is 0.00000256. The molecule has 0 saturated carbocycles. The second-order valence-electron chi connectivity index (χ2n) is 7.53. The molecule has 1 unspecified atom stereocenters. The number of hydrogen-bond acceptors (Lipinski definition) is 5. The number of morpholine rings is 1. The molecule has 1 saturated heterocycles. The summed E-state index contributed by atoms with van der Waals surface area (Å²) in [7, 11) is 4.08. The molecule has 1 aliphatic heterocycles. The summed E-state index contributed by atoms with van der Waals surface area (Å²) >= 11 is 0. The number of nitrogens with zero attached hydrogens (tertiary/aromatic N) is 2. The van der Waals surface area contributed by atoms with Crippen molar-refractivity contribution < 1.29 is 13.9 Å². The third-order valence-corrected chi connectivity index (χ3v) is 5.23. The van der Waals surface area contributed by atoms with Gasteiger partial charge < -0.3 is 18.8 Å². The minimum atomic E-state index is 0. The van der Waals surface area contributed by atoms with E-state index in [1.165, 1.54) is 5.69 Å². The van der Waals surface area contributed by atoms with Crippen LogP contribution in [0.5, 0.6) is 5.75 Å². The maximum Gasteiger partial charge on any atom is 0.149 e. The van der Waals surface area contributed by atoms with Crippen LogP contribution in [0.3, 0.4) is 0 Å². The maximum absolute atomic E-state index is 6.12. The molecular formula is C24H29ClN2O3. The Bertz CT molecular complexity index is 976. The average molecular weight is 429 g/mol. The highest BCUT2D eigenvalue weighted by molar-refractivity contribution is 5.85. The van der Waals surface area contributed by atoms with E-state index in [4.69, 9.17) is 13.9 Å². The molecule has 6 heteroatoms. The van der Waals surface area contributed by atoms with Gasteiger partial charge >= 0.3 is 0 Å². The van der Waals surface area contributed by atoms with Crippen molar-refractivity contribution in [2.75, 3.05) is 45.3 Å². The highest BCUT2D eigenvalue weighted by atomic mass is 35.5. The SMILES string of the molecule is CC(Oc1ccc2cc(/C=C/c3ccc(N(C)C)cc3)oc2c1)N1CCOCC1.Cl. The zero-order valence-electron chi connectivity index (χ0n) is 17.7. The van der Waals surface area contributed by atoms with Crippen LogP contribution in [-0.4, -0.2) is 51.5 Å². The molecule has 1 fully saturated rings. The van der Waals surface area contributed by atoms with Gasteiger partial charge in [0.2, 0.25) is 0 Å². The van der Waals surface area contributed by atoms with E-state index in [1.807, 2.05) is 38.4 Å². The summed E-state index contributed by atoms with van der Waals surface area (Å²) in [6.45, 7) is 5.40. The van der Waals surface area contributed by atoms with E-state index in [9.17, 15) is 0 Å². The lowest BCUT2D eigenvalue weighted by Crippen LogP contribution is -2.44. The van der Waals surface area contributed by atoms with Crippen LogP contribution >= 0.6 is 12.4 Å². The van der Waals surface area contributed by atoms with Crippen LogP contribution in [0, 0.1) is 0 Å². The van der Waals surface area contributed by atoms with Crippen LogP contribution in [0.25, 0.3) is 23.1 Å². The smallest absolute Gasteiger partial charge is 0.149 e. The fourth-order valence-electron chi connectivity index (χ4n) is 3.46. The molecule has 160 valence electrons. The third-order valence-electron chi connectivity index (χ3n) is 5.23. The van der Waals surface area contributed by atoms with Crippen LogP contribution in [0.4, 0.5) is 5.69 Å². The van der Waals surface area contributed by atoms with E-state index in [2.05, 4.69) is 53.1 Å². The molecule has 0 N–H and O–H groups in total. The van der Waals surface area contributed by atoms with Gasteiger partial charge in [0.05, 0.1) is 13.2 Å². The number of fused-ring (bicyclic) bond motifs is 1.